The van der Waals surface area contributed by atoms with Crippen LogP contribution in [0.15, 0.2) is 6.07 Å². The second-order valence-corrected chi connectivity index (χ2v) is 4.98. The number of nitrogens with one attached hydrogen (secondary N) is 2. The van der Waals surface area contributed by atoms with E-state index in [9.17, 15) is 4.79 Å². The zero-order chi connectivity index (χ0) is 15.1. The van der Waals surface area contributed by atoms with Gasteiger partial charge in [0.25, 0.3) is 0 Å². The average Bonchev–Trinajstić information content (AvgIpc) is 2.36. The number of anilines is 1. The van der Waals surface area contributed by atoms with Gasteiger partial charge >= 0.3 is 0 Å². The van der Waals surface area contributed by atoms with Crippen molar-refractivity contribution in [1.29, 1.82) is 0 Å². The van der Waals surface area contributed by atoms with Crippen LogP contribution in [0.3, 0.4) is 0 Å². The highest BCUT2D eigenvalue weighted by atomic mass is 16.2. The lowest BCUT2D eigenvalue weighted by molar-refractivity contribution is -0.122. The molecule has 0 aliphatic carbocycles. The molecule has 0 unspecified atom stereocenters. The standard InChI is InChI=1S/C13H24N6O/c1-5-19(8-13(20)15-9(2)3)7-12-16-10(4)6-11(17-12)18-14/h6,9H,5,7-8,14H2,1-4H3,(H,15,20)(H,16,17,18). The zero-order valence-corrected chi connectivity index (χ0v) is 12.6. The third kappa shape index (κ3) is 5.50. The molecule has 0 aliphatic rings. The van der Waals surface area contributed by atoms with Crippen molar-refractivity contribution in [3.05, 3.63) is 17.6 Å². The van der Waals surface area contributed by atoms with E-state index in [-0.39, 0.29) is 11.9 Å². The minimum atomic E-state index is 0.00618. The molecule has 0 radical (unpaired) electrons. The first-order valence-corrected chi connectivity index (χ1v) is 6.77. The summed E-state index contributed by atoms with van der Waals surface area (Å²) in [6.07, 6.45) is 0. The number of nitrogen functional groups attached to an aromatic ring is 1. The van der Waals surface area contributed by atoms with Crippen LogP contribution in [0.1, 0.15) is 32.3 Å². The summed E-state index contributed by atoms with van der Waals surface area (Å²) in [6.45, 7) is 9.35. The number of hydrogen-bond acceptors (Lipinski definition) is 6. The van der Waals surface area contributed by atoms with Gasteiger partial charge in [-0.1, -0.05) is 6.92 Å². The Morgan fingerprint density at radius 3 is 2.70 bits per heavy atom. The molecule has 1 amide bonds. The van der Waals surface area contributed by atoms with Crippen molar-refractivity contribution in [2.75, 3.05) is 18.5 Å². The summed E-state index contributed by atoms with van der Waals surface area (Å²) in [6, 6.07) is 1.91. The van der Waals surface area contributed by atoms with Gasteiger partial charge in [-0.05, 0) is 27.3 Å². The Kier molecular flexibility index (Phi) is 6.33. The van der Waals surface area contributed by atoms with Crippen molar-refractivity contribution in [1.82, 2.24) is 20.2 Å². The predicted octanol–water partition coefficient (Wildman–Crippen LogP) is 0.417. The van der Waals surface area contributed by atoms with Gasteiger partial charge in [-0.15, -0.1) is 0 Å². The highest BCUT2D eigenvalue weighted by molar-refractivity contribution is 5.78. The molecule has 0 aliphatic heterocycles. The van der Waals surface area contributed by atoms with Gasteiger partial charge in [-0.25, -0.2) is 15.8 Å². The molecule has 1 rings (SSSR count). The summed E-state index contributed by atoms with van der Waals surface area (Å²) >= 11 is 0. The van der Waals surface area contributed by atoms with Gasteiger partial charge in [0.05, 0.1) is 13.1 Å². The number of hydrogen-bond donors (Lipinski definition) is 3. The van der Waals surface area contributed by atoms with Gasteiger partial charge in [-0.3, -0.25) is 9.69 Å². The molecule has 1 aromatic heterocycles. The average molecular weight is 280 g/mol. The quantitative estimate of drug-likeness (QED) is 0.495. The van der Waals surface area contributed by atoms with Gasteiger partial charge in [0, 0.05) is 17.8 Å². The van der Waals surface area contributed by atoms with Gasteiger partial charge in [0.15, 0.2) is 0 Å². The van der Waals surface area contributed by atoms with Crippen LogP contribution in [-0.2, 0) is 11.3 Å². The number of nitrogens with zero attached hydrogens (tertiary/aromatic N) is 3. The van der Waals surface area contributed by atoms with Crippen LogP contribution in [0.25, 0.3) is 0 Å². The molecule has 0 fully saturated rings. The molecule has 112 valence electrons. The number of likely N-dealkylation sites (N-methyl/N-ethyl adjacent to an activating group) is 1. The van der Waals surface area contributed by atoms with Crippen LogP contribution in [-0.4, -0.2) is 39.9 Å². The summed E-state index contributed by atoms with van der Waals surface area (Å²) in [5.41, 5.74) is 3.36. The Labute approximate surface area is 119 Å². The van der Waals surface area contributed by atoms with E-state index in [2.05, 4.69) is 20.7 Å². The van der Waals surface area contributed by atoms with Crippen LogP contribution in [0.2, 0.25) is 0 Å². The van der Waals surface area contributed by atoms with Crippen LogP contribution in [0.4, 0.5) is 5.82 Å². The van der Waals surface area contributed by atoms with Gasteiger partial charge in [0.2, 0.25) is 5.91 Å². The second-order valence-electron chi connectivity index (χ2n) is 4.98. The van der Waals surface area contributed by atoms with Crippen molar-refractivity contribution in [3.8, 4) is 0 Å². The normalized spacial score (nSPS) is 10.9. The first kappa shape index (κ1) is 16.3. The molecule has 0 saturated carbocycles. The summed E-state index contributed by atoms with van der Waals surface area (Å²) in [5, 5.41) is 2.87. The third-order valence-electron chi connectivity index (χ3n) is 2.68. The Morgan fingerprint density at radius 2 is 2.15 bits per heavy atom. The number of aryl methyl sites for hydroxylation is 1. The topological polar surface area (TPSA) is 96.2 Å². The van der Waals surface area contributed by atoms with Crippen LogP contribution in [0, 0.1) is 6.92 Å². The van der Waals surface area contributed by atoms with Crippen molar-refractivity contribution in [2.45, 2.75) is 40.3 Å². The Balaban J connectivity index is 2.68. The first-order chi connectivity index (χ1) is 9.44. The number of carbonyl (C=O) groups is 1. The van der Waals surface area contributed by atoms with Gasteiger partial charge in [-0.2, -0.15) is 0 Å². The number of aromatic nitrogens is 2. The number of carbonyl (C=O) groups excluding carboxylic acids is 1. The van der Waals surface area contributed by atoms with Gasteiger partial charge < -0.3 is 10.7 Å². The number of hydrazine groups is 1. The molecular formula is C13H24N6O. The summed E-state index contributed by atoms with van der Waals surface area (Å²) < 4.78 is 0. The molecule has 0 saturated heterocycles. The molecule has 7 heteroatoms. The maximum Gasteiger partial charge on any atom is 0.234 e. The molecule has 7 nitrogen and oxygen atoms in total. The van der Waals surface area contributed by atoms with E-state index in [1.54, 1.807) is 6.07 Å². The van der Waals surface area contributed by atoms with Crippen molar-refractivity contribution in [2.24, 2.45) is 5.84 Å². The first-order valence-electron chi connectivity index (χ1n) is 6.77. The van der Waals surface area contributed by atoms with Crippen molar-refractivity contribution in [3.63, 3.8) is 0 Å². The van der Waals surface area contributed by atoms with Gasteiger partial charge in [0.1, 0.15) is 11.6 Å². The molecule has 1 aromatic rings. The molecular weight excluding hydrogens is 256 g/mol. The van der Waals surface area contributed by atoms with E-state index < -0.39 is 0 Å². The Bertz CT molecular complexity index is 448. The molecule has 20 heavy (non-hydrogen) atoms. The van der Waals surface area contributed by atoms with Crippen LogP contribution in [0.5, 0.6) is 0 Å². The third-order valence-corrected chi connectivity index (χ3v) is 2.68. The lowest BCUT2D eigenvalue weighted by atomic mass is 10.3. The van der Waals surface area contributed by atoms with Crippen molar-refractivity contribution < 1.29 is 4.79 Å². The van der Waals surface area contributed by atoms with E-state index in [1.165, 1.54) is 0 Å². The molecule has 4 N–H and O–H groups in total. The molecule has 0 spiro atoms. The SMILES string of the molecule is CCN(CC(=O)NC(C)C)Cc1nc(C)cc(NN)n1. The molecule has 0 aromatic carbocycles. The number of amides is 1. The predicted molar refractivity (Wildman–Crippen MR) is 78.8 cm³/mol. The van der Waals surface area contributed by atoms with E-state index in [1.807, 2.05) is 32.6 Å². The van der Waals surface area contributed by atoms with Crippen LogP contribution < -0.4 is 16.6 Å². The maximum atomic E-state index is 11.8. The minimum Gasteiger partial charge on any atom is -0.353 e. The van der Waals surface area contributed by atoms with Crippen molar-refractivity contribution >= 4 is 11.7 Å². The fourth-order valence-electron chi connectivity index (χ4n) is 1.82. The van der Waals surface area contributed by atoms with Crippen LogP contribution >= 0.6 is 0 Å². The Hall–Kier alpha value is -1.73. The highest BCUT2D eigenvalue weighted by Crippen LogP contribution is 2.06. The monoisotopic (exact) mass is 280 g/mol. The molecule has 0 atom stereocenters. The summed E-state index contributed by atoms with van der Waals surface area (Å²) in [5.74, 6) is 6.60. The molecule has 0 bridgehead atoms. The van der Waals surface area contributed by atoms with E-state index >= 15 is 0 Å². The lowest BCUT2D eigenvalue weighted by Crippen LogP contribution is -2.40. The summed E-state index contributed by atoms with van der Waals surface area (Å²) in [7, 11) is 0. The number of nitrogens with two attached hydrogens (primary N) is 1. The smallest absolute Gasteiger partial charge is 0.234 e. The highest BCUT2D eigenvalue weighted by Gasteiger charge is 2.12. The fraction of sp³-hybridized carbons (Fsp3) is 0.615. The summed E-state index contributed by atoms with van der Waals surface area (Å²) in [4.78, 5) is 22.4. The zero-order valence-electron chi connectivity index (χ0n) is 12.6. The van der Waals surface area contributed by atoms with E-state index in [4.69, 9.17) is 5.84 Å². The Morgan fingerprint density at radius 1 is 1.45 bits per heavy atom. The molecule has 1 heterocycles. The maximum absolute atomic E-state index is 11.8. The second kappa shape index (κ2) is 7.76. The largest absolute Gasteiger partial charge is 0.353 e. The number of rotatable bonds is 7. The van der Waals surface area contributed by atoms with E-state index in [0.29, 0.717) is 24.7 Å². The van der Waals surface area contributed by atoms with E-state index in [0.717, 1.165) is 12.2 Å². The minimum absolute atomic E-state index is 0.00618. The fourth-order valence-corrected chi connectivity index (χ4v) is 1.82. The lowest BCUT2D eigenvalue weighted by Gasteiger charge is -2.20.